The predicted octanol–water partition coefficient (Wildman–Crippen LogP) is 5.01. The lowest BCUT2D eigenvalue weighted by Crippen LogP contribution is -2.39. The Morgan fingerprint density at radius 2 is 1.70 bits per heavy atom. The van der Waals surface area contributed by atoms with Gasteiger partial charge < -0.3 is 18.9 Å². The van der Waals surface area contributed by atoms with Gasteiger partial charge in [0.1, 0.15) is 12.4 Å². The first-order valence-corrected chi connectivity index (χ1v) is 15.2. The number of ether oxygens (including phenoxy) is 4. The van der Waals surface area contributed by atoms with Gasteiger partial charge in [-0.25, -0.2) is 4.99 Å². The molecule has 8 nitrogen and oxygen atoms in total. The molecule has 1 unspecified atom stereocenters. The third kappa shape index (κ3) is 5.73. The molecule has 0 amide bonds. The van der Waals surface area contributed by atoms with Crippen molar-refractivity contribution >= 4 is 68.4 Å². The molecule has 0 spiro atoms. The van der Waals surface area contributed by atoms with Crippen molar-refractivity contribution in [2.75, 3.05) is 27.9 Å². The number of carbonyl (C=O) groups is 1. The normalized spacial score (nSPS) is 14.9. The molecule has 0 N–H and O–H groups in total. The Morgan fingerprint density at radius 3 is 2.23 bits per heavy atom. The highest BCUT2D eigenvalue weighted by molar-refractivity contribution is 14.1. The predicted molar refractivity (Wildman–Crippen MR) is 173 cm³/mol. The topological polar surface area (TPSA) is 88.4 Å². The summed E-state index contributed by atoms with van der Waals surface area (Å²) in [6, 6.07) is 6.77. The molecule has 11 heteroatoms. The summed E-state index contributed by atoms with van der Waals surface area (Å²) >= 11 is 5.73. The Bertz CT molecular complexity index is 1660. The van der Waals surface area contributed by atoms with Gasteiger partial charge in [-0.05, 0) is 93.6 Å². The number of allylic oxidation sites excluding steroid dienone is 2. The molecule has 0 radical (unpaired) electrons. The van der Waals surface area contributed by atoms with Gasteiger partial charge in [0, 0.05) is 17.7 Å². The van der Waals surface area contributed by atoms with Gasteiger partial charge in [-0.15, -0.1) is 0 Å². The van der Waals surface area contributed by atoms with E-state index in [9.17, 15) is 9.59 Å². The summed E-state index contributed by atoms with van der Waals surface area (Å²) in [5.74, 6) is 1.98. The van der Waals surface area contributed by atoms with Crippen LogP contribution in [0.4, 0.5) is 0 Å². The first-order valence-electron chi connectivity index (χ1n) is 12.3. The van der Waals surface area contributed by atoms with Crippen molar-refractivity contribution in [2.24, 2.45) is 4.99 Å². The number of fused-ring (bicyclic) bond motifs is 1. The van der Waals surface area contributed by atoms with Gasteiger partial charge in [0.05, 0.1) is 39.0 Å². The maximum absolute atomic E-state index is 14.0. The van der Waals surface area contributed by atoms with Gasteiger partial charge >= 0.3 is 0 Å². The van der Waals surface area contributed by atoms with E-state index in [-0.39, 0.29) is 17.8 Å². The van der Waals surface area contributed by atoms with Gasteiger partial charge in [-0.3, -0.25) is 14.2 Å². The number of hydrogen-bond acceptors (Lipinski definition) is 8. The molecule has 1 atom stereocenters. The molecule has 0 bridgehead atoms. The van der Waals surface area contributed by atoms with E-state index in [2.05, 4.69) is 51.8 Å². The van der Waals surface area contributed by atoms with E-state index in [0.717, 1.165) is 18.5 Å². The first kappa shape index (κ1) is 30.3. The molecular formula is C29H28I2N2O6S. The number of benzene rings is 2. The second-order valence-electron chi connectivity index (χ2n) is 8.73. The number of ketones is 1. The third-order valence-electron chi connectivity index (χ3n) is 6.31. The summed E-state index contributed by atoms with van der Waals surface area (Å²) in [7, 11) is 4.59. The van der Waals surface area contributed by atoms with Crippen LogP contribution in [0, 0.1) is 7.14 Å². The molecule has 1 aliphatic rings. The number of methoxy groups -OCH3 is 3. The average molecular weight is 786 g/mol. The molecule has 1 aromatic heterocycles. The minimum Gasteiger partial charge on any atom is -0.493 e. The van der Waals surface area contributed by atoms with Crippen molar-refractivity contribution in [1.82, 2.24) is 4.57 Å². The molecule has 0 saturated carbocycles. The lowest BCUT2D eigenvalue weighted by molar-refractivity contribution is -0.115. The minimum absolute atomic E-state index is 0.0894. The van der Waals surface area contributed by atoms with Crippen LogP contribution in [0.2, 0.25) is 0 Å². The van der Waals surface area contributed by atoms with Crippen molar-refractivity contribution in [3.63, 3.8) is 0 Å². The smallest absolute Gasteiger partial charge is 0.271 e. The highest BCUT2D eigenvalue weighted by Gasteiger charge is 2.33. The maximum atomic E-state index is 14.0. The second-order valence-corrected chi connectivity index (χ2v) is 12.1. The van der Waals surface area contributed by atoms with Crippen molar-refractivity contribution < 1.29 is 23.7 Å². The van der Waals surface area contributed by atoms with Gasteiger partial charge in [-0.2, -0.15) is 0 Å². The molecule has 0 saturated heterocycles. The zero-order valence-electron chi connectivity index (χ0n) is 22.7. The minimum atomic E-state index is -0.713. The van der Waals surface area contributed by atoms with Crippen LogP contribution in [-0.4, -0.2) is 38.3 Å². The van der Waals surface area contributed by atoms with Crippen molar-refractivity contribution in [2.45, 2.75) is 26.3 Å². The fourth-order valence-corrected chi connectivity index (χ4v) is 7.71. The Morgan fingerprint density at radius 1 is 1.07 bits per heavy atom. The summed E-state index contributed by atoms with van der Waals surface area (Å²) in [6.07, 6.45) is 3.82. The number of thiazole rings is 1. The Labute approximate surface area is 263 Å². The van der Waals surface area contributed by atoms with Gasteiger partial charge in [0.15, 0.2) is 22.1 Å². The molecule has 0 fully saturated rings. The fourth-order valence-electron chi connectivity index (χ4n) is 4.54. The molecule has 1 aliphatic heterocycles. The molecule has 3 aromatic rings. The van der Waals surface area contributed by atoms with Gasteiger partial charge in [0.2, 0.25) is 5.75 Å². The summed E-state index contributed by atoms with van der Waals surface area (Å²) in [5, 5.41) is 0. The lowest BCUT2D eigenvalue weighted by Gasteiger charge is -2.26. The fraction of sp³-hybridized carbons (Fsp3) is 0.276. The standard InChI is InChI=1S/C29H28I2N2O6S/c1-7-9-39-26-18(30)10-16(11-19(26)31)12-23-28(35)33-25(24(20(34)8-2)15(3)32-29(33)40-23)17-13-21(36-4)27(38-6)22(14-17)37-5/h7,10-14,25H,1,8-9H2,2-6H3/b23-12-. The zero-order chi connectivity index (χ0) is 29.1. The molecule has 4 rings (SSSR count). The van der Waals surface area contributed by atoms with Crippen LogP contribution in [0.15, 0.2) is 58.0 Å². The summed E-state index contributed by atoms with van der Waals surface area (Å²) < 4.78 is 26.4. The van der Waals surface area contributed by atoms with Gasteiger partial charge in [0.25, 0.3) is 5.56 Å². The number of hydrogen-bond donors (Lipinski definition) is 0. The van der Waals surface area contributed by atoms with Crippen LogP contribution >= 0.6 is 56.5 Å². The highest BCUT2D eigenvalue weighted by Crippen LogP contribution is 2.42. The SMILES string of the molecule is C=CCOc1c(I)cc(/C=c2\sc3n(c2=O)C(c2cc(OC)c(OC)c(OC)c2)C(C(=O)CC)=C(C)N=3)cc1I. The van der Waals surface area contributed by atoms with Crippen LogP contribution < -0.4 is 33.8 Å². The molecule has 2 heterocycles. The van der Waals surface area contributed by atoms with E-state index in [1.54, 1.807) is 36.6 Å². The van der Waals surface area contributed by atoms with E-state index < -0.39 is 6.04 Å². The van der Waals surface area contributed by atoms with Crippen LogP contribution in [0.5, 0.6) is 23.0 Å². The Balaban J connectivity index is 1.96. The second kappa shape index (κ2) is 12.9. The number of Topliss-reactive ketones (excluding diaryl/α,β-unsaturated/α-hetero) is 1. The Kier molecular flexibility index (Phi) is 9.77. The average Bonchev–Trinajstić information content (AvgIpc) is 3.24. The van der Waals surface area contributed by atoms with E-state index in [1.807, 2.05) is 18.2 Å². The van der Waals surface area contributed by atoms with Crippen molar-refractivity contribution in [3.8, 4) is 23.0 Å². The Hall–Kier alpha value is -2.65. The van der Waals surface area contributed by atoms with Crippen LogP contribution in [0.25, 0.3) is 6.08 Å². The quantitative estimate of drug-likeness (QED) is 0.212. The van der Waals surface area contributed by atoms with E-state index in [4.69, 9.17) is 23.9 Å². The van der Waals surface area contributed by atoms with Crippen molar-refractivity contribution in [3.05, 3.63) is 86.1 Å². The van der Waals surface area contributed by atoms with Crippen LogP contribution in [0.1, 0.15) is 37.4 Å². The molecular weight excluding hydrogens is 758 g/mol. The molecule has 0 aliphatic carbocycles. The number of carbonyl (C=O) groups excluding carboxylic acids is 1. The summed E-state index contributed by atoms with van der Waals surface area (Å²) in [5.41, 5.74) is 2.30. The molecule has 210 valence electrons. The number of rotatable bonds is 10. The van der Waals surface area contributed by atoms with E-state index in [0.29, 0.717) is 50.0 Å². The lowest BCUT2D eigenvalue weighted by atomic mass is 9.91. The first-order chi connectivity index (χ1) is 19.2. The summed E-state index contributed by atoms with van der Waals surface area (Å²) in [6.45, 7) is 7.71. The highest BCUT2D eigenvalue weighted by atomic mass is 127. The third-order valence-corrected chi connectivity index (χ3v) is 8.90. The van der Waals surface area contributed by atoms with Crippen LogP contribution in [-0.2, 0) is 4.79 Å². The monoisotopic (exact) mass is 786 g/mol. The largest absolute Gasteiger partial charge is 0.493 e. The number of aromatic nitrogens is 1. The molecule has 40 heavy (non-hydrogen) atoms. The van der Waals surface area contributed by atoms with E-state index in [1.165, 1.54) is 32.7 Å². The van der Waals surface area contributed by atoms with Crippen LogP contribution in [0.3, 0.4) is 0 Å². The molecule has 2 aromatic carbocycles. The zero-order valence-corrected chi connectivity index (χ0v) is 27.8. The maximum Gasteiger partial charge on any atom is 0.271 e. The number of halogens is 2. The van der Waals surface area contributed by atoms with E-state index >= 15 is 0 Å². The van der Waals surface area contributed by atoms with Gasteiger partial charge in [-0.1, -0.05) is 30.9 Å². The van der Waals surface area contributed by atoms with Crippen molar-refractivity contribution in [1.29, 1.82) is 0 Å². The number of nitrogens with zero attached hydrogens (tertiary/aromatic N) is 2. The summed E-state index contributed by atoms with van der Waals surface area (Å²) in [4.78, 5) is 32.5.